The molecule has 4 rings (SSSR count). The van der Waals surface area contributed by atoms with Crippen molar-refractivity contribution in [2.24, 2.45) is 0 Å². The Kier molecular flexibility index (Phi) is 5.58. The Labute approximate surface area is 177 Å². The summed E-state index contributed by atoms with van der Waals surface area (Å²) >= 11 is 1.55. The molecule has 0 aliphatic carbocycles. The van der Waals surface area contributed by atoms with Gasteiger partial charge in [0.1, 0.15) is 10.6 Å². The van der Waals surface area contributed by atoms with Crippen LogP contribution in [0.2, 0.25) is 0 Å². The number of carbonyl (C=O) groups excluding carboxylic acids is 1. The summed E-state index contributed by atoms with van der Waals surface area (Å²) in [6, 6.07) is 6.29. The number of nitrogens with one attached hydrogen (secondary N) is 1. The molecule has 158 valence electrons. The van der Waals surface area contributed by atoms with Gasteiger partial charge in [-0.2, -0.15) is 11.3 Å². The van der Waals surface area contributed by atoms with E-state index in [4.69, 9.17) is 9.15 Å². The summed E-state index contributed by atoms with van der Waals surface area (Å²) in [6.45, 7) is 0.935. The number of nitrogens with zero attached hydrogens (tertiary/aromatic N) is 3. The molecule has 3 aromatic rings. The fourth-order valence-electron chi connectivity index (χ4n) is 3.36. The first-order valence-electron chi connectivity index (χ1n) is 9.19. The topological polar surface area (TPSA) is 115 Å². The number of hydrogen-bond donors (Lipinski definition) is 1. The molecular formula is C19H20N4O5S2. The quantitative estimate of drug-likeness (QED) is 0.615. The summed E-state index contributed by atoms with van der Waals surface area (Å²) in [5, 5.41) is 12.1. The number of hydrogen-bond acceptors (Lipinski definition) is 8. The molecule has 1 aromatic carbocycles. The van der Waals surface area contributed by atoms with Gasteiger partial charge in [0.25, 0.3) is 5.91 Å². The van der Waals surface area contributed by atoms with E-state index in [1.54, 1.807) is 22.3 Å². The van der Waals surface area contributed by atoms with E-state index in [9.17, 15) is 13.2 Å². The molecule has 11 heteroatoms. The standard InChI is InChI=1S/C19H20N4O5S2/c1-20-30(25,26)16-9-12(3-4-15(16)27-2)19(24)23-7-5-13(10-23)17-21-22-18(28-17)14-6-8-29-11-14/h3-4,6,8-9,11,13,20H,5,7,10H2,1-2H3. The lowest BCUT2D eigenvalue weighted by atomic mass is 10.1. The largest absolute Gasteiger partial charge is 0.495 e. The van der Waals surface area contributed by atoms with Crippen molar-refractivity contribution in [1.29, 1.82) is 0 Å². The maximum Gasteiger partial charge on any atom is 0.253 e. The van der Waals surface area contributed by atoms with Crippen molar-refractivity contribution >= 4 is 27.3 Å². The Hall–Kier alpha value is -2.76. The van der Waals surface area contributed by atoms with E-state index in [0.717, 1.165) is 5.56 Å². The second kappa shape index (κ2) is 8.17. The number of methoxy groups -OCH3 is 1. The summed E-state index contributed by atoms with van der Waals surface area (Å²) in [5.41, 5.74) is 1.15. The predicted octanol–water partition coefficient (Wildman–Crippen LogP) is 2.34. The molecule has 30 heavy (non-hydrogen) atoms. The number of likely N-dealkylation sites (tertiary alicyclic amines) is 1. The van der Waals surface area contributed by atoms with E-state index in [1.807, 2.05) is 16.8 Å². The highest BCUT2D eigenvalue weighted by atomic mass is 32.2. The molecule has 0 spiro atoms. The minimum Gasteiger partial charge on any atom is -0.495 e. The van der Waals surface area contributed by atoms with Crippen molar-refractivity contribution < 1.29 is 22.4 Å². The predicted molar refractivity (Wildman–Crippen MR) is 110 cm³/mol. The van der Waals surface area contributed by atoms with Crippen LogP contribution in [-0.2, 0) is 10.0 Å². The van der Waals surface area contributed by atoms with Crippen molar-refractivity contribution in [2.45, 2.75) is 17.2 Å². The molecule has 1 aliphatic rings. The Balaban J connectivity index is 1.52. The van der Waals surface area contributed by atoms with Gasteiger partial charge >= 0.3 is 0 Å². The highest BCUT2D eigenvalue weighted by Gasteiger charge is 2.32. The van der Waals surface area contributed by atoms with Crippen molar-refractivity contribution in [2.75, 3.05) is 27.2 Å². The minimum atomic E-state index is -3.77. The summed E-state index contributed by atoms with van der Waals surface area (Å²) in [5.74, 6) is 0.817. The van der Waals surface area contributed by atoms with Gasteiger partial charge in [0.15, 0.2) is 0 Å². The van der Waals surface area contributed by atoms with E-state index < -0.39 is 10.0 Å². The first kappa shape index (κ1) is 20.5. The van der Waals surface area contributed by atoms with Gasteiger partial charge in [-0.15, -0.1) is 10.2 Å². The van der Waals surface area contributed by atoms with Gasteiger partial charge in [-0.1, -0.05) is 0 Å². The molecule has 1 saturated heterocycles. The van der Waals surface area contributed by atoms with E-state index in [1.165, 1.54) is 26.3 Å². The first-order chi connectivity index (χ1) is 14.4. The molecule has 0 bridgehead atoms. The van der Waals surface area contributed by atoms with Gasteiger partial charge in [0.05, 0.1) is 13.0 Å². The zero-order valence-corrected chi connectivity index (χ0v) is 18.0. The van der Waals surface area contributed by atoms with Gasteiger partial charge in [0, 0.05) is 29.6 Å². The number of sulfonamides is 1. The maximum atomic E-state index is 13.0. The van der Waals surface area contributed by atoms with Crippen LogP contribution in [-0.4, -0.2) is 56.7 Å². The van der Waals surface area contributed by atoms with Gasteiger partial charge in [-0.25, -0.2) is 13.1 Å². The molecule has 1 amide bonds. The number of amides is 1. The molecular weight excluding hydrogens is 428 g/mol. The molecule has 1 aliphatic heterocycles. The fourth-order valence-corrected chi connectivity index (χ4v) is 4.91. The Morgan fingerprint density at radius 1 is 1.33 bits per heavy atom. The first-order valence-corrected chi connectivity index (χ1v) is 11.6. The van der Waals surface area contributed by atoms with Crippen LogP contribution in [0.4, 0.5) is 0 Å². The number of carbonyl (C=O) groups is 1. The monoisotopic (exact) mass is 448 g/mol. The van der Waals surface area contributed by atoms with Gasteiger partial charge in [0.2, 0.25) is 21.8 Å². The molecule has 1 atom stereocenters. The Morgan fingerprint density at radius 3 is 2.87 bits per heavy atom. The normalized spacial score (nSPS) is 16.7. The summed E-state index contributed by atoms with van der Waals surface area (Å²) < 4.78 is 37.7. The van der Waals surface area contributed by atoms with Gasteiger partial charge in [-0.05, 0) is 43.1 Å². The highest BCUT2D eigenvalue weighted by Crippen LogP contribution is 2.31. The van der Waals surface area contributed by atoms with Crippen molar-refractivity contribution in [3.63, 3.8) is 0 Å². The summed E-state index contributed by atoms with van der Waals surface area (Å²) in [4.78, 5) is 14.6. The highest BCUT2D eigenvalue weighted by molar-refractivity contribution is 7.89. The molecule has 9 nitrogen and oxygen atoms in total. The van der Waals surface area contributed by atoms with Gasteiger partial charge < -0.3 is 14.1 Å². The zero-order chi connectivity index (χ0) is 21.3. The Morgan fingerprint density at radius 2 is 2.17 bits per heavy atom. The van der Waals surface area contributed by atoms with Gasteiger partial charge in [-0.3, -0.25) is 4.79 Å². The number of benzene rings is 1. The fraction of sp³-hybridized carbons (Fsp3) is 0.316. The lowest BCUT2D eigenvalue weighted by Crippen LogP contribution is -2.29. The van der Waals surface area contributed by atoms with Crippen LogP contribution in [0, 0.1) is 0 Å². The van der Waals surface area contributed by atoms with Crippen LogP contribution in [0.1, 0.15) is 28.6 Å². The second-order valence-electron chi connectivity index (χ2n) is 6.77. The van der Waals surface area contributed by atoms with E-state index in [0.29, 0.717) is 31.3 Å². The Bertz CT molecular complexity index is 1160. The molecule has 0 radical (unpaired) electrons. The lowest BCUT2D eigenvalue weighted by molar-refractivity contribution is 0.0789. The van der Waals surface area contributed by atoms with E-state index in [2.05, 4.69) is 14.9 Å². The third-order valence-electron chi connectivity index (χ3n) is 5.00. The van der Waals surface area contributed by atoms with Crippen LogP contribution in [0.15, 0.2) is 44.3 Å². The van der Waals surface area contributed by atoms with Crippen molar-refractivity contribution in [3.8, 4) is 17.2 Å². The molecule has 1 unspecified atom stereocenters. The third kappa shape index (κ3) is 3.83. The molecule has 0 saturated carbocycles. The lowest BCUT2D eigenvalue weighted by Gasteiger charge is -2.17. The molecule has 1 fully saturated rings. The third-order valence-corrected chi connectivity index (χ3v) is 7.12. The summed E-state index contributed by atoms with van der Waals surface area (Å²) in [6.07, 6.45) is 0.689. The SMILES string of the molecule is CNS(=O)(=O)c1cc(C(=O)N2CCC(c3nnc(-c4ccsc4)o3)C2)ccc1OC. The molecule has 2 aromatic heterocycles. The number of thiophene rings is 1. The number of ether oxygens (including phenoxy) is 1. The maximum absolute atomic E-state index is 13.0. The average molecular weight is 449 g/mol. The van der Waals surface area contributed by atoms with E-state index in [-0.39, 0.29) is 28.0 Å². The molecule has 1 N–H and O–H groups in total. The smallest absolute Gasteiger partial charge is 0.253 e. The van der Waals surface area contributed by atoms with Crippen LogP contribution in [0.25, 0.3) is 11.5 Å². The van der Waals surface area contributed by atoms with E-state index >= 15 is 0 Å². The van der Waals surface area contributed by atoms with Crippen LogP contribution >= 0.6 is 11.3 Å². The average Bonchev–Trinajstić information content (AvgIpc) is 3.53. The van der Waals surface area contributed by atoms with Crippen molar-refractivity contribution in [3.05, 3.63) is 46.5 Å². The van der Waals surface area contributed by atoms with Crippen molar-refractivity contribution in [1.82, 2.24) is 19.8 Å². The van der Waals surface area contributed by atoms with Crippen LogP contribution < -0.4 is 9.46 Å². The summed E-state index contributed by atoms with van der Waals surface area (Å²) in [7, 11) is -1.08. The minimum absolute atomic E-state index is 0.0624. The van der Waals surface area contributed by atoms with Crippen LogP contribution in [0.5, 0.6) is 5.75 Å². The number of rotatable bonds is 6. The number of aromatic nitrogens is 2. The molecule has 3 heterocycles. The van der Waals surface area contributed by atoms with Crippen LogP contribution in [0.3, 0.4) is 0 Å². The zero-order valence-electron chi connectivity index (χ0n) is 16.4. The second-order valence-corrected chi connectivity index (χ2v) is 9.40.